The van der Waals surface area contributed by atoms with Gasteiger partial charge in [0.15, 0.2) is 0 Å². The number of aryl methyl sites for hydroxylation is 1. The first kappa shape index (κ1) is 14.3. The van der Waals surface area contributed by atoms with Gasteiger partial charge in [-0.25, -0.2) is 0 Å². The van der Waals surface area contributed by atoms with Gasteiger partial charge in [-0.05, 0) is 31.5 Å². The molecule has 0 saturated carbocycles. The highest BCUT2D eigenvalue weighted by molar-refractivity contribution is 6.31. The molecule has 5 heteroatoms. The molecule has 1 aliphatic heterocycles. The average molecular weight is 282 g/mol. The molecule has 1 saturated heterocycles. The van der Waals surface area contributed by atoms with Crippen LogP contribution in [0.1, 0.15) is 12.5 Å². The molecule has 0 spiro atoms. The Balaban J connectivity index is 1.95. The van der Waals surface area contributed by atoms with E-state index in [0.717, 1.165) is 30.9 Å². The predicted octanol–water partition coefficient (Wildman–Crippen LogP) is 1.88. The topological polar surface area (TPSA) is 44.4 Å². The van der Waals surface area contributed by atoms with E-state index in [4.69, 9.17) is 11.6 Å². The second kappa shape index (κ2) is 6.37. The van der Waals surface area contributed by atoms with Crippen molar-refractivity contribution in [1.29, 1.82) is 0 Å². The molecule has 0 aromatic heterocycles. The van der Waals surface area contributed by atoms with Crippen molar-refractivity contribution in [2.24, 2.45) is 0 Å². The number of carbonyl (C=O) groups excluding carboxylic acids is 1. The highest BCUT2D eigenvalue weighted by atomic mass is 35.5. The monoisotopic (exact) mass is 281 g/mol. The van der Waals surface area contributed by atoms with Gasteiger partial charge in [-0.3, -0.25) is 9.69 Å². The summed E-state index contributed by atoms with van der Waals surface area (Å²) in [5, 5.41) is 6.88. The lowest BCUT2D eigenvalue weighted by Gasteiger charge is -2.33. The van der Waals surface area contributed by atoms with Crippen molar-refractivity contribution in [2.75, 3.05) is 31.5 Å². The fourth-order valence-corrected chi connectivity index (χ4v) is 2.39. The van der Waals surface area contributed by atoms with Crippen molar-refractivity contribution in [3.8, 4) is 0 Å². The number of benzene rings is 1. The Labute approximate surface area is 119 Å². The molecule has 1 aliphatic rings. The number of anilines is 1. The summed E-state index contributed by atoms with van der Waals surface area (Å²) in [5.74, 6) is 0.0131. The summed E-state index contributed by atoms with van der Waals surface area (Å²) in [6, 6.07) is 5.91. The minimum Gasteiger partial charge on any atom is -0.325 e. The van der Waals surface area contributed by atoms with Crippen LogP contribution in [0.3, 0.4) is 0 Å². The normalized spacial score (nSPS) is 20.3. The lowest BCUT2D eigenvalue weighted by atomic mass is 10.2. The third kappa shape index (κ3) is 3.93. The molecule has 1 heterocycles. The summed E-state index contributed by atoms with van der Waals surface area (Å²) < 4.78 is 0. The van der Waals surface area contributed by atoms with Crippen LogP contribution in [0.4, 0.5) is 5.69 Å². The molecule has 104 valence electrons. The second-order valence-electron chi connectivity index (χ2n) is 5.03. The maximum absolute atomic E-state index is 12.1. The van der Waals surface area contributed by atoms with Gasteiger partial charge in [-0.1, -0.05) is 17.7 Å². The van der Waals surface area contributed by atoms with Crippen molar-refractivity contribution in [3.05, 3.63) is 28.8 Å². The zero-order valence-corrected chi connectivity index (χ0v) is 12.1. The van der Waals surface area contributed by atoms with Gasteiger partial charge >= 0.3 is 0 Å². The van der Waals surface area contributed by atoms with E-state index in [-0.39, 0.29) is 5.91 Å². The quantitative estimate of drug-likeness (QED) is 0.889. The maximum Gasteiger partial charge on any atom is 0.238 e. The molecule has 1 aromatic carbocycles. The van der Waals surface area contributed by atoms with Crippen molar-refractivity contribution < 1.29 is 4.79 Å². The Hall–Kier alpha value is -1.10. The molecule has 0 radical (unpaired) electrons. The lowest BCUT2D eigenvalue weighted by Crippen LogP contribution is -2.52. The van der Waals surface area contributed by atoms with E-state index in [1.165, 1.54) is 0 Å². The first-order valence-corrected chi connectivity index (χ1v) is 6.95. The molecule has 1 fully saturated rings. The van der Waals surface area contributed by atoms with Crippen LogP contribution in [0.15, 0.2) is 18.2 Å². The van der Waals surface area contributed by atoms with Gasteiger partial charge in [0.25, 0.3) is 0 Å². The number of hydrogen-bond acceptors (Lipinski definition) is 3. The van der Waals surface area contributed by atoms with Gasteiger partial charge in [0.05, 0.1) is 6.54 Å². The molecular formula is C14H20ClN3O. The van der Waals surface area contributed by atoms with E-state index in [2.05, 4.69) is 22.5 Å². The largest absolute Gasteiger partial charge is 0.325 e. The lowest BCUT2D eigenvalue weighted by molar-refractivity contribution is -0.118. The smallest absolute Gasteiger partial charge is 0.238 e. The molecule has 1 aromatic rings. The third-order valence-corrected chi connectivity index (χ3v) is 3.69. The van der Waals surface area contributed by atoms with Crippen LogP contribution in [0, 0.1) is 6.92 Å². The average Bonchev–Trinajstić information content (AvgIpc) is 2.37. The minimum absolute atomic E-state index is 0.0131. The molecule has 1 unspecified atom stereocenters. The van der Waals surface area contributed by atoms with Crippen LogP contribution >= 0.6 is 11.6 Å². The van der Waals surface area contributed by atoms with Crippen LogP contribution in [0.25, 0.3) is 0 Å². The number of carbonyl (C=O) groups is 1. The van der Waals surface area contributed by atoms with Crippen LogP contribution in [0.5, 0.6) is 0 Å². The Morgan fingerprint density at radius 3 is 3.11 bits per heavy atom. The number of rotatable bonds is 3. The molecule has 1 amide bonds. The Kier molecular flexibility index (Phi) is 4.80. The van der Waals surface area contributed by atoms with Crippen molar-refractivity contribution >= 4 is 23.2 Å². The minimum atomic E-state index is 0.0131. The summed E-state index contributed by atoms with van der Waals surface area (Å²) in [4.78, 5) is 14.3. The molecule has 2 rings (SSSR count). The number of hydrogen-bond donors (Lipinski definition) is 2. The summed E-state index contributed by atoms with van der Waals surface area (Å²) in [6.07, 6.45) is 0. The van der Waals surface area contributed by atoms with Crippen LogP contribution < -0.4 is 10.6 Å². The van der Waals surface area contributed by atoms with E-state index in [9.17, 15) is 4.79 Å². The summed E-state index contributed by atoms with van der Waals surface area (Å²) in [6.45, 7) is 7.29. The summed E-state index contributed by atoms with van der Waals surface area (Å²) in [7, 11) is 0. The van der Waals surface area contributed by atoms with Crippen molar-refractivity contribution in [1.82, 2.24) is 10.2 Å². The summed E-state index contributed by atoms with van der Waals surface area (Å²) in [5.41, 5.74) is 1.81. The standard InChI is InChI=1S/C14H20ClN3O/c1-10-3-4-12(15)7-13(10)17-14(19)9-18-6-5-16-8-11(18)2/h3-4,7,11,16H,5-6,8-9H2,1-2H3,(H,17,19). The fourth-order valence-electron chi connectivity index (χ4n) is 2.22. The van der Waals surface area contributed by atoms with E-state index in [1.807, 2.05) is 19.1 Å². The van der Waals surface area contributed by atoms with Gasteiger partial charge in [0.2, 0.25) is 5.91 Å². The van der Waals surface area contributed by atoms with Gasteiger partial charge in [-0.2, -0.15) is 0 Å². The van der Waals surface area contributed by atoms with Gasteiger partial charge < -0.3 is 10.6 Å². The van der Waals surface area contributed by atoms with Crippen LogP contribution in [-0.2, 0) is 4.79 Å². The van der Waals surface area contributed by atoms with E-state index in [1.54, 1.807) is 6.07 Å². The van der Waals surface area contributed by atoms with Crippen LogP contribution in [-0.4, -0.2) is 43.0 Å². The third-order valence-electron chi connectivity index (χ3n) is 3.46. The molecule has 1 atom stereocenters. The maximum atomic E-state index is 12.1. The zero-order valence-electron chi connectivity index (χ0n) is 11.4. The summed E-state index contributed by atoms with van der Waals surface area (Å²) >= 11 is 5.95. The number of piperazine rings is 1. The second-order valence-corrected chi connectivity index (χ2v) is 5.47. The first-order valence-electron chi connectivity index (χ1n) is 6.57. The number of nitrogens with zero attached hydrogens (tertiary/aromatic N) is 1. The Bertz CT molecular complexity index is 464. The first-order chi connectivity index (χ1) is 9.06. The van der Waals surface area contributed by atoms with Gasteiger partial charge in [-0.15, -0.1) is 0 Å². The highest BCUT2D eigenvalue weighted by Crippen LogP contribution is 2.20. The van der Waals surface area contributed by atoms with Gasteiger partial charge in [0.1, 0.15) is 0 Å². The van der Waals surface area contributed by atoms with E-state index < -0.39 is 0 Å². The van der Waals surface area contributed by atoms with E-state index in [0.29, 0.717) is 17.6 Å². The molecule has 0 aliphatic carbocycles. The SMILES string of the molecule is Cc1ccc(Cl)cc1NC(=O)CN1CCNCC1C. The van der Waals surface area contributed by atoms with Gasteiger partial charge in [0, 0.05) is 36.4 Å². The van der Waals surface area contributed by atoms with E-state index >= 15 is 0 Å². The molecular weight excluding hydrogens is 262 g/mol. The number of amides is 1. The van der Waals surface area contributed by atoms with Crippen molar-refractivity contribution in [2.45, 2.75) is 19.9 Å². The molecule has 2 N–H and O–H groups in total. The predicted molar refractivity (Wildman–Crippen MR) is 78.7 cm³/mol. The van der Waals surface area contributed by atoms with Crippen molar-refractivity contribution in [3.63, 3.8) is 0 Å². The number of halogens is 1. The number of nitrogens with one attached hydrogen (secondary N) is 2. The highest BCUT2D eigenvalue weighted by Gasteiger charge is 2.20. The molecule has 0 bridgehead atoms. The Morgan fingerprint density at radius 2 is 2.37 bits per heavy atom. The zero-order chi connectivity index (χ0) is 13.8. The van der Waals surface area contributed by atoms with Crippen LogP contribution in [0.2, 0.25) is 5.02 Å². The molecule has 19 heavy (non-hydrogen) atoms. The Morgan fingerprint density at radius 1 is 1.58 bits per heavy atom. The molecule has 4 nitrogen and oxygen atoms in total. The fraction of sp³-hybridized carbons (Fsp3) is 0.500.